The lowest BCUT2D eigenvalue weighted by atomic mass is 10.1. The average molecular weight is 299 g/mol. The van der Waals surface area contributed by atoms with Gasteiger partial charge in [-0.25, -0.2) is 0 Å². The molecule has 5 nitrogen and oxygen atoms in total. The van der Waals surface area contributed by atoms with E-state index < -0.39 is 0 Å². The van der Waals surface area contributed by atoms with Gasteiger partial charge in [0.25, 0.3) is 5.91 Å². The van der Waals surface area contributed by atoms with E-state index in [0.717, 1.165) is 5.56 Å². The molecule has 1 aliphatic rings. The Morgan fingerprint density at radius 3 is 2.80 bits per heavy atom. The number of rotatable bonds is 4. The Hall–Kier alpha value is -1.30. The summed E-state index contributed by atoms with van der Waals surface area (Å²) in [6.07, 6.45) is 0. The molecular formula is C14H19ClN2O3. The predicted molar refractivity (Wildman–Crippen MR) is 76.9 cm³/mol. The molecule has 20 heavy (non-hydrogen) atoms. The fourth-order valence-electron chi connectivity index (χ4n) is 1.96. The zero-order valence-corrected chi connectivity index (χ0v) is 12.2. The minimum absolute atomic E-state index is 0.0166. The molecule has 0 radical (unpaired) electrons. The van der Waals surface area contributed by atoms with Crippen LogP contribution < -0.4 is 10.5 Å². The number of hydrogen-bond donors (Lipinski definition) is 1. The smallest absolute Gasteiger partial charge is 0.260 e. The first-order valence-electron chi connectivity index (χ1n) is 6.61. The van der Waals surface area contributed by atoms with Gasteiger partial charge in [0.1, 0.15) is 5.75 Å². The van der Waals surface area contributed by atoms with Crippen LogP contribution in [0.15, 0.2) is 18.2 Å². The van der Waals surface area contributed by atoms with E-state index in [1.54, 1.807) is 17.0 Å². The van der Waals surface area contributed by atoms with Crippen molar-refractivity contribution in [3.05, 3.63) is 28.8 Å². The second-order valence-corrected chi connectivity index (χ2v) is 5.17. The molecule has 2 rings (SSSR count). The highest BCUT2D eigenvalue weighted by Gasteiger charge is 2.17. The van der Waals surface area contributed by atoms with Crippen molar-refractivity contribution < 1.29 is 14.3 Å². The number of nitrogens with zero attached hydrogens (tertiary/aromatic N) is 1. The molecule has 0 bridgehead atoms. The molecule has 1 aromatic rings. The summed E-state index contributed by atoms with van der Waals surface area (Å²) in [5.41, 5.74) is 6.71. The van der Waals surface area contributed by atoms with Gasteiger partial charge in [0.15, 0.2) is 6.61 Å². The van der Waals surface area contributed by atoms with Crippen LogP contribution in [0.4, 0.5) is 0 Å². The zero-order chi connectivity index (χ0) is 14.5. The first kappa shape index (κ1) is 15.1. The molecule has 1 atom stereocenters. The first-order chi connectivity index (χ1) is 9.58. The van der Waals surface area contributed by atoms with Gasteiger partial charge in [0.2, 0.25) is 0 Å². The first-order valence-corrected chi connectivity index (χ1v) is 6.99. The van der Waals surface area contributed by atoms with Gasteiger partial charge in [-0.3, -0.25) is 4.79 Å². The van der Waals surface area contributed by atoms with Crippen LogP contribution in [0.25, 0.3) is 0 Å². The van der Waals surface area contributed by atoms with E-state index in [4.69, 9.17) is 26.8 Å². The van der Waals surface area contributed by atoms with Crippen molar-refractivity contribution in [2.45, 2.75) is 13.0 Å². The quantitative estimate of drug-likeness (QED) is 0.917. The van der Waals surface area contributed by atoms with Gasteiger partial charge < -0.3 is 20.1 Å². The number of amides is 1. The summed E-state index contributed by atoms with van der Waals surface area (Å²) in [5, 5.41) is 0.467. The molecule has 1 amide bonds. The second kappa shape index (κ2) is 6.92. The Kier molecular flexibility index (Phi) is 5.23. The molecule has 1 fully saturated rings. The van der Waals surface area contributed by atoms with Crippen LogP contribution in [0.5, 0.6) is 5.75 Å². The van der Waals surface area contributed by atoms with Crippen LogP contribution in [0.2, 0.25) is 5.02 Å². The minimum atomic E-state index is -0.0865. The number of morpholine rings is 1. The number of ether oxygens (including phenoxy) is 2. The summed E-state index contributed by atoms with van der Waals surface area (Å²) in [7, 11) is 0. The van der Waals surface area contributed by atoms with E-state index in [1.807, 2.05) is 13.0 Å². The van der Waals surface area contributed by atoms with Crippen molar-refractivity contribution in [3.63, 3.8) is 0 Å². The monoisotopic (exact) mass is 298 g/mol. The van der Waals surface area contributed by atoms with Crippen LogP contribution >= 0.6 is 11.6 Å². The topological polar surface area (TPSA) is 64.8 Å². The molecule has 0 aliphatic carbocycles. The van der Waals surface area contributed by atoms with Crippen molar-refractivity contribution in [1.82, 2.24) is 4.90 Å². The molecule has 1 saturated heterocycles. The lowest BCUT2D eigenvalue weighted by Crippen LogP contribution is -2.43. The second-order valence-electron chi connectivity index (χ2n) is 4.76. The maximum Gasteiger partial charge on any atom is 0.260 e. The molecule has 2 N–H and O–H groups in total. The molecule has 1 aromatic carbocycles. The van der Waals surface area contributed by atoms with Crippen LogP contribution in [-0.2, 0) is 9.53 Å². The van der Waals surface area contributed by atoms with E-state index in [1.165, 1.54) is 0 Å². The van der Waals surface area contributed by atoms with Gasteiger partial charge in [-0.15, -0.1) is 0 Å². The van der Waals surface area contributed by atoms with Gasteiger partial charge in [0, 0.05) is 19.1 Å². The van der Waals surface area contributed by atoms with Crippen LogP contribution in [0, 0.1) is 0 Å². The molecule has 0 unspecified atom stereocenters. The Morgan fingerprint density at radius 1 is 1.50 bits per heavy atom. The fraction of sp³-hybridized carbons (Fsp3) is 0.500. The maximum absolute atomic E-state index is 11.9. The Morgan fingerprint density at radius 2 is 2.20 bits per heavy atom. The molecule has 110 valence electrons. The third kappa shape index (κ3) is 3.85. The summed E-state index contributed by atoms with van der Waals surface area (Å²) in [5.74, 6) is 0.443. The van der Waals surface area contributed by atoms with E-state index in [2.05, 4.69) is 0 Å². The van der Waals surface area contributed by atoms with Crippen LogP contribution in [-0.4, -0.2) is 43.7 Å². The zero-order valence-electron chi connectivity index (χ0n) is 11.5. The van der Waals surface area contributed by atoms with Gasteiger partial charge >= 0.3 is 0 Å². The predicted octanol–water partition coefficient (Wildman–Crippen LogP) is 1.60. The molecule has 1 aliphatic heterocycles. The van der Waals surface area contributed by atoms with Gasteiger partial charge in [-0.05, 0) is 24.6 Å². The molecule has 0 aromatic heterocycles. The summed E-state index contributed by atoms with van der Waals surface area (Å²) in [4.78, 5) is 13.7. The highest BCUT2D eigenvalue weighted by atomic mass is 35.5. The van der Waals surface area contributed by atoms with Crippen LogP contribution in [0.3, 0.4) is 0 Å². The lowest BCUT2D eigenvalue weighted by Gasteiger charge is -2.26. The number of benzene rings is 1. The number of halogens is 1. The normalized spacial score (nSPS) is 16.9. The molecule has 0 saturated carbocycles. The largest absolute Gasteiger partial charge is 0.482 e. The summed E-state index contributed by atoms with van der Waals surface area (Å²) in [6, 6.07) is 5.27. The van der Waals surface area contributed by atoms with Crippen LogP contribution in [0.1, 0.15) is 18.5 Å². The number of hydrogen-bond acceptors (Lipinski definition) is 4. The molecular weight excluding hydrogens is 280 g/mol. The van der Waals surface area contributed by atoms with E-state index in [0.29, 0.717) is 37.1 Å². The van der Waals surface area contributed by atoms with Crippen molar-refractivity contribution >= 4 is 17.5 Å². The summed E-state index contributed by atoms with van der Waals surface area (Å²) >= 11 is 6.12. The SMILES string of the molecule is C[C@@H](N)c1ccc(OCC(=O)N2CCOCC2)c(Cl)c1. The molecule has 0 spiro atoms. The highest BCUT2D eigenvalue weighted by Crippen LogP contribution is 2.27. The molecule has 6 heteroatoms. The maximum atomic E-state index is 11.9. The number of carbonyl (C=O) groups excluding carboxylic acids is 1. The van der Waals surface area contributed by atoms with E-state index in [9.17, 15) is 4.79 Å². The number of nitrogens with two attached hydrogens (primary N) is 1. The van der Waals surface area contributed by atoms with Gasteiger partial charge in [-0.1, -0.05) is 17.7 Å². The summed E-state index contributed by atoms with van der Waals surface area (Å²) < 4.78 is 10.7. The average Bonchev–Trinajstić information content (AvgIpc) is 2.46. The van der Waals surface area contributed by atoms with Crippen molar-refractivity contribution in [1.29, 1.82) is 0 Å². The third-order valence-electron chi connectivity index (χ3n) is 3.20. The standard InChI is InChI=1S/C14H19ClN2O3/c1-10(16)11-2-3-13(12(15)8-11)20-9-14(18)17-4-6-19-7-5-17/h2-3,8,10H,4-7,9,16H2,1H3/t10-/m1/s1. The van der Waals surface area contributed by atoms with Gasteiger partial charge in [-0.2, -0.15) is 0 Å². The molecule has 1 heterocycles. The lowest BCUT2D eigenvalue weighted by molar-refractivity contribution is -0.137. The Bertz CT molecular complexity index is 473. The van der Waals surface area contributed by atoms with Crippen molar-refractivity contribution in [2.75, 3.05) is 32.9 Å². The van der Waals surface area contributed by atoms with E-state index in [-0.39, 0.29) is 18.6 Å². The minimum Gasteiger partial charge on any atom is -0.482 e. The summed E-state index contributed by atoms with van der Waals surface area (Å²) in [6.45, 7) is 4.25. The van der Waals surface area contributed by atoms with Crippen molar-refractivity contribution in [2.24, 2.45) is 5.73 Å². The van der Waals surface area contributed by atoms with Crippen molar-refractivity contribution in [3.8, 4) is 5.75 Å². The fourth-order valence-corrected chi connectivity index (χ4v) is 2.20. The Balaban J connectivity index is 1.91. The number of carbonyl (C=O) groups is 1. The van der Waals surface area contributed by atoms with Gasteiger partial charge in [0.05, 0.1) is 18.2 Å². The van der Waals surface area contributed by atoms with E-state index >= 15 is 0 Å². The Labute approximate surface area is 123 Å². The highest BCUT2D eigenvalue weighted by molar-refractivity contribution is 6.32. The third-order valence-corrected chi connectivity index (χ3v) is 3.49.